The zero-order chi connectivity index (χ0) is 35.8. The molecule has 0 saturated carbocycles. The van der Waals surface area contributed by atoms with E-state index >= 15 is 0 Å². The highest BCUT2D eigenvalue weighted by Crippen LogP contribution is 2.45. The highest BCUT2D eigenvalue weighted by molar-refractivity contribution is 6.20. The molecule has 54 heavy (non-hydrogen) atoms. The Balaban J connectivity index is 1.14. The summed E-state index contributed by atoms with van der Waals surface area (Å²) in [5.41, 5.74) is 14.6. The number of anilines is 3. The summed E-state index contributed by atoms with van der Waals surface area (Å²) >= 11 is 0. The molecule has 0 aliphatic heterocycles. The van der Waals surface area contributed by atoms with Crippen molar-refractivity contribution in [1.82, 2.24) is 0 Å². The maximum atomic E-state index is 6.69. The van der Waals surface area contributed by atoms with E-state index in [1.165, 1.54) is 38.9 Å². The summed E-state index contributed by atoms with van der Waals surface area (Å²) in [6.07, 6.45) is 0. The van der Waals surface area contributed by atoms with Gasteiger partial charge in [0.25, 0.3) is 0 Å². The van der Waals surface area contributed by atoms with Crippen molar-refractivity contribution in [3.8, 4) is 44.5 Å². The lowest BCUT2D eigenvalue weighted by atomic mass is 9.98. The minimum atomic E-state index is 0.878. The van der Waals surface area contributed by atoms with Gasteiger partial charge in [-0.3, -0.25) is 0 Å². The summed E-state index contributed by atoms with van der Waals surface area (Å²) in [4.78, 5) is 2.39. The van der Waals surface area contributed by atoms with E-state index in [4.69, 9.17) is 4.42 Å². The van der Waals surface area contributed by atoms with Crippen LogP contribution >= 0.6 is 0 Å². The first-order chi connectivity index (χ1) is 26.8. The van der Waals surface area contributed by atoms with E-state index in [-0.39, 0.29) is 0 Å². The predicted octanol–water partition coefficient (Wildman–Crippen LogP) is 14.9. The van der Waals surface area contributed by atoms with Crippen molar-refractivity contribution in [2.45, 2.75) is 0 Å². The molecular formula is C52H35NO. The van der Waals surface area contributed by atoms with Crippen molar-refractivity contribution in [3.05, 3.63) is 212 Å². The third-order valence-electron chi connectivity index (χ3n) is 10.5. The number of furan rings is 1. The standard InChI is InChI=1S/C52H35NO/c1-4-12-36(13-5-1)39-20-22-42(23-21-39)43-28-33-51-48(34-43)49-35-50(46-18-10-11-19-47(46)52(49)54-51)53(44-29-24-40(25-30-44)37-14-6-2-7-15-37)45-31-26-41(27-32-45)38-16-8-3-9-17-38/h1-35H. The molecule has 254 valence electrons. The molecule has 1 aromatic heterocycles. The van der Waals surface area contributed by atoms with Gasteiger partial charge >= 0.3 is 0 Å². The number of benzene rings is 9. The third-order valence-corrected chi connectivity index (χ3v) is 10.5. The van der Waals surface area contributed by atoms with Gasteiger partial charge in [0.15, 0.2) is 0 Å². The van der Waals surface area contributed by atoms with Crippen LogP contribution in [0.15, 0.2) is 217 Å². The quantitative estimate of drug-likeness (QED) is 0.166. The zero-order valence-corrected chi connectivity index (χ0v) is 29.6. The second-order valence-electron chi connectivity index (χ2n) is 13.7. The first-order valence-electron chi connectivity index (χ1n) is 18.4. The molecule has 0 unspecified atom stereocenters. The summed E-state index contributed by atoms with van der Waals surface area (Å²) in [7, 11) is 0. The topological polar surface area (TPSA) is 16.4 Å². The lowest BCUT2D eigenvalue weighted by molar-refractivity contribution is 0.672. The number of fused-ring (bicyclic) bond motifs is 5. The van der Waals surface area contributed by atoms with E-state index < -0.39 is 0 Å². The molecule has 0 aliphatic carbocycles. The smallest absolute Gasteiger partial charge is 0.143 e. The maximum absolute atomic E-state index is 6.69. The Labute approximate surface area is 314 Å². The number of hydrogen-bond donors (Lipinski definition) is 0. The molecule has 0 radical (unpaired) electrons. The van der Waals surface area contributed by atoms with Crippen LogP contribution in [0.2, 0.25) is 0 Å². The summed E-state index contributed by atoms with van der Waals surface area (Å²) in [5.74, 6) is 0. The molecule has 10 aromatic rings. The second kappa shape index (κ2) is 13.4. The Morgan fingerprint density at radius 2 is 0.667 bits per heavy atom. The first-order valence-corrected chi connectivity index (χ1v) is 18.4. The Kier molecular flexibility index (Phi) is 7.85. The normalized spacial score (nSPS) is 11.3. The minimum Gasteiger partial charge on any atom is -0.455 e. The van der Waals surface area contributed by atoms with Crippen molar-refractivity contribution < 1.29 is 4.42 Å². The van der Waals surface area contributed by atoms with E-state index in [1.54, 1.807) is 0 Å². The second-order valence-corrected chi connectivity index (χ2v) is 13.7. The third kappa shape index (κ3) is 5.71. The summed E-state index contributed by atoms with van der Waals surface area (Å²) in [6, 6.07) is 75.8. The average Bonchev–Trinajstić information content (AvgIpc) is 3.63. The predicted molar refractivity (Wildman–Crippen MR) is 228 cm³/mol. The van der Waals surface area contributed by atoms with Gasteiger partial charge < -0.3 is 9.32 Å². The molecule has 0 saturated heterocycles. The van der Waals surface area contributed by atoms with E-state index in [1.807, 2.05) is 0 Å². The number of hydrogen-bond acceptors (Lipinski definition) is 2. The Morgan fingerprint density at radius 1 is 0.278 bits per heavy atom. The lowest BCUT2D eigenvalue weighted by Crippen LogP contribution is -2.10. The van der Waals surface area contributed by atoms with E-state index in [0.29, 0.717) is 0 Å². The number of nitrogens with zero attached hydrogens (tertiary/aromatic N) is 1. The molecule has 9 aromatic carbocycles. The van der Waals surface area contributed by atoms with Crippen LogP contribution in [0.3, 0.4) is 0 Å². The first kappa shape index (κ1) is 31.6. The van der Waals surface area contributed by atoms with Crippen molar-refractivity contribution in [1.29, 1.82) is 0 Å². The Morgan fingerprint density at radius 3 is 1.17 bits per heavy atom. The van der Waals surface area contributed by atoms with E-state index in [9.17, 15) is 0 Å². The fourth-order valence-corrected chi connectivity index (χ4v) is 7.72. The van der Waals surface area contributed by atoms with Crippen LogP contribution in [0.5, 0.6) is 0 Å². The van der Waals surface area contributed by atoms with Crippen LogP contribution in [-0.4, -0.2) is 0 Å². The highest BCUT2D eigenvalue weighted by Gasteiger charge is 2.21. The molecule has 0 amide bonds. The van der Waals surface area contributed by atoms with Gasteiger partial charge in [0.1, 0.15) is 11.2 Å². The molecule has 0 spiro atoms. The van der Waals surface area contributed by atoms with Crippen LogP contribution in [0.1, 0.15) is 0 Å². The summed E-state index contributed by atoms with van der Waals surface area (Å²) in [5, 5.41) is 4.40. The van der Waals surface area contributed by atoms with E-state index in [2.05, 4.69) is 217 Å². The van der Waals surface area contributed by atoms with Crippen molar-refractivity contribution in [3.63, 3.8) is 0 Å². The van der Waals surface area contributed by atoms with Crippen molar-refractivity contribution in [2.75, 3.05) is 4.90 Å². The van der Waals surface area contributed by atoms with Gasteiger partial charge in [-0.1, -0.05) is 170 Å². The summed E-state index contributed by atoms with van der Waals surface area (Å²) < 4.78 is 6.69. The maximum Gasteiger partial charge on any atom is 0.143 e. The largest absolute Gasteiger partial charge is 0.455 e. The van der Waals surface area contributed by atoms with Gasteiger partial charge in [0, 0.05) is 32.9 Å². The summed E-state index contributed by atoms with van der Waals surface area (Å²) in [6.45, 7) is 0. The molecule has 0 atom stereocenters. The average molecular weight is 690 g/mol. The van der Waals surface area contributed by atoms with Crippen LogP contribution in [0, 0.1) is 0 Å². The van der Waals surface area contributed by atoms with Crippen LogP contribution in [0.25, 0.3) is 77.2 Å². The molecule has 0 aliphatic rings. The van der Waals surface area contributed by atoms with Crippen LogP contribution in [0.4, 0.5) is 17.1 Å². The monoisotopic (exact) mass is 689 g/mol. The molecule has 1 heterocycles. The van der Waals surface area contributed by atoms with Crippen molar-refractivity contribution in [2.24, 2.45) is 0 Å². The molecule has 0 bridgehead atoms. The van der Waals surface area contributed by atoms with Gasteiger partial charge in [-0.2, -0.15) is 0 Å². The Hall–Kier alpha value is -7.16. The van der Waals surface area contributed by atoms with Gasteiger partial charge in [-0.05, 0) is 87.0 Å². The lowest BCUT2D eigenvalue weighted by Gasteiger charge is -2.27. The highest BCUT2D eigenvalue weighted by atomic mass is 16.3. The molecule has 2 heteroatoms. The van der Waals surface area contributed by atoms with E-state index in [0.717, 1.165) is 55.3 Å². The van der Waals surface area contributed by atoms with Crippen LogP contribution in [-0.2, 0) is 0 Å². The Bertz CT molecular complexity index is 2790. The van der Waals surface area contributed by atoms with Crippen LogP contribution < -0.4 is 4.90 Å². The zero-order valence-electron chi connectivity index (χ0n) is 29.6. The van der Waals surface area contributed by atoms with Gasteiger partial charge in [0.2, 0.25) is 0 Å². The number of rotatable bonds is 7. The molecular weight excluding hydrogens is 655 g/mol. The fourth-order valence-electron chi connectivity index (χ4n) is 7.72. The fraction of sp³-hybridized carbons (Fsp3) is 0. The van der Waals surface area contributed by atoms with Gasteiger partial charge in [0.05, 0.1) is 5.69 Å². The van der Waals surface area contributed by atoms with Crippen molar-refractivity contribution >= 4 is 49.8 Å². The molecule has 2 nitrogen and oxygen atoms in total. The van der Waals surface area contributed by atoms with Gasteiger partial charge in [-0.25, -0.2) is 0 Å². The SMILES string of the molecule is c1ccc(-c2ccc(-c3ccc4oc5c6ccccc6c(N(c6ccc(-c7ccccc7)cc6)c6ccc(-c7ccccc7)cc6)cc5c4c3)cc2)cc1. The minimum absolute atomic E-state index is 0.878. The molecule has 10 rings (SSSR count). The molecule has 0 fully saturated rings. The van der Waals surface area contributed by atoms with Gasteiger partial charge in [-0.15, -0.1) is 0 Å². The molecule has 0 N–H and O–H groups in total.